The van der Waals surface area contributed by atoms with Gasteiger partial charge in [-0.25, -0.2) is 0 Å². The second-order valence-corrected chi connectivity index (χ2v) is 5.06. The molecule has 120 valence electrons. The van der Waals surface area contributed by atoms with Crippen LogP contribution in [0.2, 0.25) is 0 Å². The number of ether oxygens (including phenoxy) is 2. The molecule has 1 heterocycles. The Morgan fingerprint density at radius 2 is 1.75 bits per heavy atom. The van der Waals surface area contributed by atoms with Crippen molar-refractivity contribution in [1.29, 1.82) is 0 Å². The average Bonchev–Trinajstić information content (AvgIpc) is 2.43. The largest absolute Gasteiger partial charge is 0.394 e. The predicted octanol–water partition coefficient (Wildman–Crippen LogP) is -4.09. The first kappa shape index (κ1) is 17.7. The molecule has 20 heavy (non-hydrogen) atoms. The maximum absolute atomic E-state index is 9.66. The van der Waals surface area contributed by atoms with E-state index >= 15 is 0 Å². The first-order chi connectivity index (χ1) is 9.24. The van der Waals surface area contributed by atoms with Crippen LogP contribution in [0.15, 0.2) is 0 Å². The van der Waals surface area contributed by atoms with Gasteiger partial charge in [0, 0.05) is 0 Å². The minimum Gasteiger partial charge on any atom is -0.394 e. The molecule has 1 aliphatic heterocycles. The van der Waals surface area contributed by atoms with Crippen LogP contribution in [-0.4, -0.2) is 98.0 Å². The van der Waals surface area contributed by atoms with Crippen LogP contribution in [-0.2, 0) is 9.47 Å². The highest BCUT2D eigenvalue weighted by Crippen LogP contribution is 2.22. The molecule has 9 heteroatoms. The molecule has 0 amide bonds. The van der Waals surface area contributed by atoms with Gasteiger partial charge >= 0.3 is 0 Å². The summed E-state index contributed by atoms with van der Waals surface area (Å²) in [5.41, 5.74) is -1.80. The van der Waals surface area contributed by atoms with E-state index in [0.29, 0.717) is 0 Å². The van der Waals surface area contributed by atoms with Crippen molar-refractivity contribution in [1.82, 2.24) is 0 Å². The molecule has 0 bridgehead atoms. The van der Waals surface area contributed by atoms with E-state index in [2.05, 4.69) is 0 Å². The normalized spacial score (nSPS) is 39.3. The van der Waals surface area contributed by atoms with Gasteiger partial charge in [-0.2, -0.15) is 0 Å². The fourth-order valence-corrected chi connectivity index (χ4v) is 1.68. The average molecular weight is 298 g/mol. The summed E-state index contributed by atoms with van der Waals surface area (Å²) < 4.78 is 10.1. The Hall–Kier alpha value is -0.360. The summed E-state index contributed by atoms with van der Waals surface area (Å²) in [6.07, 6.45) is -8.63. The molecule has 1 rings (SSSR count). The minimum absolute atomic E-state index is 0.490. The van der Waals surface area contributed by atoms with Crippen LogP contribution in [0.3, 0.4) is 0 Å². The molecule has 0 aromatic heterocycles. The van der Waals surface area contributed by atoms with E-state index in [-0.39, 0.29) is 0 Å². The molecule has 1 aliphatic rings. The van der Waals surface area contributed by atoms with E-state index in [9.17, 15) is 25.5 Å². The van der Waals surface area contributed by atoms with Crippen molar-refractivity contribution in [3.8, 4) is 0 Å². The van der Waals surface area contributed by atoms with E-state index in [0.717, 1.165) is 0 Å². The molecule has 0 aromatic carbocycles. The van der Waals surface area contributed by atoms with Gasteiger partial charge in [-0.05, 0) is 6.92 Å². The molecule has 7 N–H and O–H groups in total. The van der Waals surface area contributed by atoms with Gasteiger partial charge in [0.25, 0.3) is 0 Å². The topological polar surface area (TPSA) is 160 Å². The van der Waals surface area contributed by atoms with Gasteiger partial charge in [-0.1, -0.05) is 0 Å². The van der Waals surface area contributed by atoms with Crippen LogP contribution < -0.4 is 0 Å². The Labute approximate surface area is 115 Å². The Morgan fingerprint density at radius 1 is 1.15 bits per heavy atom. The molecular weight excluding hydrogens is 276 g/mol. The van der Waals surface area contributed by atoms with Crippen LogP contribution in [0.1, 0.15) is 6.92 Å². The highest BCUT2D eigenvalue weighted by Gasteiger charge is 2.44. The lowest BCUT2D eigenvalue weighted by Crippen LogP contribution is -2.59. The molecule has 0 aromatic rings. The van der Waals surface area contributed by atoms with Gasteiger partial charge in [0.15, 0.2) is 6.29 Å². The molecule has 0 unspecified atom stereocenters. The molecule has 0 radical (unpaired) electrons. The van der Waals surface area contributed by atoms with Crippen molar-refractivity contribution in [2.45, 2.75) is 49.3 Å². The van der Waals surface area contributed by atoms with Crippen molar-refractivity contribution < 1.29 is 45.2 Å². The van der Waals surface area contributed by atoms with Crippen LogP contribution in [0.4, 0.5) is 0 Å². The summed E-state index contributed by atoms with van der Waals surface area (Å²) >= 11 is 0. The molecule has 9 nitrogen and oxygen atoms in total. The van der Waals surface area contributed by atoms with Crippen LogP contribution >= 0.6 is 0 Å². The van der Waals surface area contributed by atoms with Gasteiger partial charge in [-0.15, -0.1) is 0 Å². The lowest BCUT2D eigenvalue weighted by atomic mass is 9.99. The first-order valence-electron chi connectivity index (χ1n) is 6.18. The zero-order valence-corrected chi connectivity index (χ0v) is 11.0. The van der Waals surface area contributed by atoms with Crippen molar-refractivity contribution in [2.75, 3.05) is 19.8 Å². The van der Waals surface area contributed by atoms with E-state index in [4.69, 9.17) is 19.7 Å². The monoisotopic (exact) mass is 298 g/mol. The smallest absolute Gasteiger partial charge is 0.186 e. The number of hydrogen-bond donors (Lipinski definition) is 7. The van der Waals surface area contributed by atoms with Crippen LogP contribution in [0, 0.1) is 0 Å². The van der Waals surface area contributed by atoms with Crippen molar-refractivity contribution >= 4 is 0 Å². The third-order valence-corrected chi connectivity index (χ3v) is 3.30. The third kappa shape index (κ3) is 3.85. The Kier molecular flexibility index (Phi) is 6.25. The van der Waals surface area contributed by atoms with Gasteiger partial charge in [0.1, 0.15) is 36.1 Å². The summed E-state index contributed by atoms with van der Waals surface area (Å²) in [5, 5.41) is 65.7. The van der Waals surface area contributed by atoms with Crippen molar-refractivity contribution in [2.24, 2.45) is 0 Å². The third-order valence-electron chi connectivity index (χ3n) is 3.30. The number of rotatable bonds is 6. The Balaban J connectivity index is 2.58. The molecule has 1 fully saturated rings. The SMILES string of the molecule is C[C@](O)(CO)[C@H](O)CO[C@@H]1O[C@H](CO)[C@H](O)[C@@H](O)[C@H]1O. The van der Waals surface area contributed by atoms with Crippen LogP contribution in [0.5, 0.6) is 0 Å². The first-order valence-corrected chi connectivity index (χ1v) is 6.18. The quantitative estimate of drug-likeness (QED) is 0.258. The molecule has 7 atom stereocenters. The van der Waals surface area contributed by atoms with E-state index in [1.807, 2.05) is 0 Å². The minimum atomic E-state index is -1.80. The highest BCUT2D eigenvalue weighted by atomic mass is 16.7. The maximum Gasteiger partial charge on any atom is 0.186 e. The van der Waals surface area contributed by atoms with Gasteiger partial charge < -0.3 is 45.2 Å². The van der Waals surface area contributed by atoms with Gasteiger partial charge in [0.05, 0.1) is 19.8 Å². The lowest BCUT2D eigenvalue weighted by Gasteiger charge is -2.40. The number of aliphatic hydroxyl groups excluding tert-OH is 6. The van der Waals surface area contributed by atoms with E-state index in [1.54, 1.807) is 0 Å². The summed E-state index contributed by atoms with van der Waals surface area (Å²) in [6.45, 7) is -0.599. The highest BCUT2D eigenvalue weighted by molar-refractivity contribution is 4.89. The van der Waals surface area contributed by atoms with Crippen molar-refractivity contribution in [3.05, 3.63) is 0 Å². The summed E-state index contributed by atoms with van der Waals surface area (Å²) in [6, 6.07) is 0. The van der Waals surface area contributed by atoms with Gasteiger partial charge in [-0.3, -0.25) is 0 Å². The summed E-state index contributed by atoms with van der Waals surface area (Å²) in [7, 11) is 0. The predicted molar refractivity (Wildman–Crippen MR) is 63.4 cm³/mol. The number of hydrogen-bond acceptors (Lipinski definition) is 9. The maximum atomic E-state index is 9.66. The zero-order chi connectivity index (χ0) is 15.5. The van der Waals surface area contributed by atoms with E-state index < -0.39 is 62.2 Å². The second-order valence-electron chi connectivity index (χ2n) is 5.06. The van der Waals surface area contributed by atoms with E-state index in [1.165, 1.54) is 6.92 Å². The molecular formula is C11H22O9. The molecule has 0 aliphatic carbocycles. The number of aliphatic hydroxyl groups is 7. The Bertz CT molecular complexity index is 296. The van der Waals surface area contributed by atoms with Gasteiger partial charge in [0.2, 0.25) is 0 Å². The fourth-order valence-electron chi connectivity index (χ4n) is 1.68. The second kappa shape index (κ2) is 7.07. The molecule has 0 saturated carbocycles. The molecule has 0 spiro atoms. The summed E-state index contributed by atoms with van der Waals surface area (Å²) in [5.74, 6) is 0. The van der Waals surface area contributed by atoms with Crippen LogP contribution in [0.25, 0.3) is 0 Å². The Morgan fingerprint density at radius 3 is 2.25 bits per heavy atom. The standard InChI is InChI=1S/C11H22O9/c1-11(18,4-13)6(14)3-19-10-9(17)8(16)7(15)5(2-12)20-10/h5-10,12-18H,2-4H2,1H3/t5-,6-,7+,8-,9-,10-,11+/m1/s1. The lowest BCUT2D eigenvalue weighted by molar-refractivity contribution is -0.307. The molecule has 1 saturated heterocycles. The zero-order valence-electron chi connectivity index (χ0n) is 11.0. The summed E-state index contributed by atoms with van der Waals surface area (Å²) in [4.78, 5) is 0. The van der Waals surface area contributed by atoms with Crippen molar-refractivity contribution in [3.63, 3.8) is 0 Å². The fraction of sp³-hybridized carbons (Fsp3) is 1.00.